The van der Waals surface area contributed by atoms with Crippen LogP contribution in [0.4, 0.5) is 0 Å². The third kappa shape index (κ3) is 5.28. The lowest BCUT2D eigenvalue weighted by molar-refractivity contribution is 0.755. The van der Waals surface area contributed by atoms with Gasteiger partial charge < -0.3 is 0 Å². The molecule has 0 bridgehead atoms. The topological polar surface area (TPSA) is 38.7 Å². The largest absolute Gasteiger partial charge is 0.208 e. The van der Waals surface area contributed by atoms with Crippen molar-refractivity contribution >= 4 is 0 Å². The zero-order valence-electron chi connectivity index (χ0n) is 33.9. The first-order valence-corrected chi connectivity index (χ1v) is 21.3. The minimum absolute atomic E-state index is 0.527. The molecular formula is C59H39N3. The fourth-order valence-corrected chi connectivity index (χ4v) is 10.5. The first-order valence-electron chi connectivity index (χ1n) is 21.3. The van der Waals surface area contributed by atoms with Gasteiger partial charge in [0.05, 0.1) is 10.8 Å². The van der Waals surface area contributed by atoms with Gasteiger partial charge >= 0.3 is 0 Å². The van der Waals surface area contributed by atoms with E-state index in [-0.39, 0.29) is 0 Å². The predicted molar refractivity (Wildman–Crippen MR) is 251 cm³/mol. The lowest BCUT2D eigenvalue weighted by atomic mass is 9.65. The molecule has 1 heterocycles. The van der Waals surface area contributed by atoms with Crippen molar-refractivity contribution in [2.45, 2.75) is 10.8 Å². The molecule has 0 saturated heterocycles. The van der Waals surface area contributed by atoms with Crippen LogP contribution in [0.1, 0.15) is 44.5 Å². The maximum atomic E-state index is 5.20. The Morgan fingerprint density at radius 2 is 0.597 bits per heavy atom. The van der Waals surface area contributed by atoms with Gasteiger partial charge in [-0.2, -0.15) is 0 Å². The molecule has 2 aliphatic rings. The molecule has 2 aliphatic carbocycles. The molecule has 0 unspecified atom stereocenters. The summed E-state index contributed by atoms with van der Waals surface area (Å²) in [4.78, 5) is 15.4. The van der Waals surface area contributed by atoms with E-state index >= 15 is 0 Å². The van der Waals surface area contributed by atoms with Gasteiger partial charge in [-0.25, -0.2) is 15.0 Å². The fraction of sp³-hybridized carbons (Fsp3) is 0.0339. The summed E-state index contributed by atoms with van der Waals surface area (Å²) in [6.07, 6.45) is 0. The summed E-state index contributed by atoms with van der Waals surface area (Å²) in [5, 5.41) is 0. The zero-order valence-corrected chi connectivity index (χ0v) is 33.9. The van der Waals surface area contributed by atoms with Crippen molar-refractivity contribution in [2.75, 3.05) is 0 Å². The quantitative estimate of drug-likeness (QED) is 0.161. The molecule has 9 aromatic carbocycles. The van der Waals surface area contributed by atoms with Crippen LogP contribution in [0.3, 0.4) is 0 Å². The molecule has 0 radical (unpaired) electrons. The van der Waals surface area contributed by atoms with Gasteiger partial charge in [0.2, 0.25) is 0 Å². The Balaban J connectivity index is 1.15. The van der Waals surface area contributed by atoms with Gasteiger partial charge in [0, 0.05) is 16.7 Å². The van der Waals surface area contributed by atoms with Crippen molar-refractivity contribution in [3.05, 3.63) is 281 Å². The van der Waals surface area contributed by atoms with Crippen molar-refractivity contribution in [1.82, 2.24) is 15.0 Å². The van der Waals surface area contributed by atoms with Crippen LogP contribution in [0.15, 0.2) is 237 Å². The molecular weight excluding hydrogens is 751 g/mol. The van der Waals surface area contributed by atoms with E-state index in [0.29, 0.717) is 17.5 Å². The fourth-order valence-electron chi connectivity index (χ4n) is 10.5. The van der Waals surface area contributed by atoms with Gasteiger partial charge in [0.15, 0.2) is 17.5 Å². The SMILES string of the molecule is c1ccc(-c2nc(-c3ccccc3)nc(-c3ccc4c(c3)C(c3ccccc3)(c3ccccc3)c3ccc(C5(c6ccccc6)c6ccccc6-c6ccccc65)cc3-4)n2)cc1. The number of benzene rings is 9. The summed E-state index contributed by atoms with van der Waals surface area (Å²) in [5.74, 6) is 1.92. The molecule has 3 nitrogen and oxygen atoms in total. The summed E-state index contributed by atoms with van der Waals surface area (Å²) >= 11 is 0. The average molecular weight is 790 g/mol. The van der Waals surface area contributed by atoms with Crippen LogP contribution in [0, 0.1) is 0 Å². The minimum Gasteiger partial charge on any atom is -0.208 e. The highest BCUT2D eigenvalue weighted by Gasteiger charge is 2.50. The number of hydrogen-bond donors (Lipinski definition) is 0. The van der Waals surface area contributed by atoms with Crippen LogP contribution >= 0.6 is 0 Å². The molecule has 12 rings (SSSR count). The van der Waals surface area contributed by atoms with Crippen LogP contribution in [0.25, 0.3) is 56.4 Å². The number of hydrogen-bond acceptors (Lipinski definition) is 3. The zero-order chi connectivity index (χ0) is 41.1. The Hall–Kier alpha value is -8.01. The standard InChI is InChI=1S/C59H39N3/c1-6-20-40(21-7-1)55-60-56(41-22-8-2-9-23-41)62-57(61-55)42-34-36-49-50-39-46(35-37-53(50)58(54(49)38-42,43-24-10-3-11-25-43)44-26-12-4-13-27-44)59(45-28-14-5-15-29-45)51-32-18-16-30-47(51)48-31-17-19-33-52(48)59/h1-39H. The Morgan fingerprint density at radius 3 is 1.08 bits per heavy atom. The molecule has 0 atom stereocenters. The predicted octanol–water partition coefficient (Wildman–Crippen LogP) is 13.6. The second-order valence-corrected chi connectivity index (χ2v) is 16.2. The highest BCUT2D eigenvalue weighted by molar-refractivity contribution is 5.91. The van der Waals surface area contributed by atoms with Gasteiger partial charge in [-0.15, -0.1) is 0 Å². The van der Waals surface area contributed by atoms with Crippen LogP contribution < -0.4 is 0 Å². The number of rotatable bonds is 7. The van der Waals surface area contributed by atoms with Crippen molar-refractivity contribution in [2.24, 2.45) is 0 Å². The van der Waals surface area contributed by atoms with Crippen molar-refractivity contribution < 1.29 is 0 Å². The lowest BCUT2D eigenvalue weighted by Crippen LogP contribution is -2.30. The molecule has 62 heavy (non-hydrogen) atoms. The summed E-state index contributed by atoms with van der Waals surface area (Å²) in [7, 11) is 0. The normalized spacial score (nSPS) is 13.7. The number of aromatic nitrogens is 3. The molecule has 0 N–H and O–H groups in total. The van der Waals surface area contributed by atoms with E-state index in [2.05, 4.69) is 200 Å². The number of fused-ring (bicyclic) bond motifs is 6. The summed E-state index contributed by atoms with van der Waals surface area (Å²) in [6.45, 7) is 0. The molecule has 0 aliphatic heterocycles. The molecule has 0 spiro atoms. The molecule has 290 valence electrons. The van der Waals surface area contributed by atoms with Crippen molar-refractivity contribution in [1.29, 1.82) is 0 Å². The number of nitrogens with zero attached hydrogens (tertiary/aromatic N) is 3. The van der Waals surface area contributed by atoms with Crippen LogP contribution in [0.2, 0.25) is 0 Å². The second kappa shape index (κ2) is 14.3. The van der Waals surface area contributed by atoms with E-state index in [1.165, 1.54) is 66.8 Å². The summed E-state index contributed by atoms with van der Waals surface area (Å²) < 4.78 is 0. The summed E-state index contributed by atoms with van der Waals surface area (Å²) in [6, 6.07) is 85.6. The molecule has 0 amide bonds. The Kier molecular flexibility index (Phi) is 8.29. The van der Waals surface area contributed by atoms with Crippen LogP contribution in [-0.2, 0) is 10.8 Å². The summed E-state index contributed by atoms with van der Waals surface area (Å²) in [5.41, 5.74) is 16.6. The van der Waals surface area contributed by atoms with Gasteiger partial charge in [0.25, 0.3) is 0 Å². The van der Waals surface area contributed by atoms with Gasteiger partial charge in [-0.05, 0) is 78.9 Å². The molecule has 10 aromatic rings. The van der Waals surface area contributed by atoms with E-state index in [0.717, 1.165) is 16.7 Å². The van der Waals surface area contributed by atoms with Crippen LogP contribution in [0.5, 0.6) is 0 Å². The first kappa shape index (κ1) is 35.9. The lowest BCUT2D eigenvalue weighted by Gasteiger charge is -2.36. The molecule has 0 saturated carbocycles. The average Bonchev–Trinajstić information content (AvgIpc) is 3.83. The van der Waals surface area contributed by atoms with E-state index in [4.69, 9.17) is 15.0 Å². The van der Waals surface area contributed by atoms with Gasteiger partial charge in [0.1, 0.15) is 0 Å². The van der Waals surface area contributed by atoms with Gasteiger partial charge in [-0.1, -0.05) is 224 Å². The first-order chi connectivity index (χ1) is 30.7. The Morgan fingerprint density at radius 1 is 0.226 bits per heavy atom. The Labute approximate surface area is 361 Å². The third-order valence-electron chi connectivity index (χ3n) is 13.1. The maximum Gasteiger partial charge on any atom is 0.164 e. The third-order valence-corrected chi connectivity index (χ3v) is 13.1. The van der Waals surface area contributed by atoms with Gasteiger partial charge in [-0.3, -0.25) is 0 Å². The maximum absolute atomic E-state index is 5.20. The molecule has 1 aromatic heterocycles. The van der Waals surface area contributed by atoms with Crippen molar-refractivity contribution in [3.8, 4) is 56.4 Å². The second-order valence-electron chi connectivity index (χ2n) is 16.2. The van der Waals surface area contributed by atoms with E-state index in [1.807, 2.05) is 36.4 Å². The van der Waals surface area contributed by atoms with E-state index in [9.17, 15) is 0 Å². The molecule has 0 fully saturated rings. The highest BCUT2D eigenvalue weighted by Crippen LogP contribution is 2.60. The molecule has 3 heteroatoms. The smallest absolute Gasteiger partial charge is 0.164 e. The monoisotopic (exact) mass is 789 g/mol. The minimum atomic E-state index is -0.634. The van der Waals surface area contributed by atoms with E-state index in [1.54, 1.807) is 0 Å². The highest BCUT2D eigenvalue weighted by atomic mass is 15.0. The Bertz CT molecular complexity index is 3130. The van der Waals surface area contributed by atoms with E-state index < -0.39 is 10.8 Å². The van der Waals surface area contributed by atoms with Crippen LogP contribution in [-0.4, -0.2) is 15.0 Å². The van der Waals surface area contributed by atoms with Crippen molar-refractivity contribution in [3.63, 3.8) is 0 Å².